The SMILES string of the molecule is Cc1ccc(Cl)c(OC(C)C(=O)N2CCC(C(=O)N3CCCCCC3)CC2)c1. The van der Waals surface area contributed by atoms with Crippen LogP contribution in [-0.4, -0.2) is 53.9 Å². The van der Waals surface area contributed by atoms with Gasteiger partial charge in [0.1, 0.15) is 5.75 Å². The third-order valence-electron chi connectivity index (χ3n) is 5.81. The van der Waals surface area contributed by atoms with E-state index < -0.39 is 6.10 Å². The largest absolute Gasteiger partial charge is 0.479 e. The number of amides is 2. The van der Waals surface area contributed by atoms with E-state index in [-0.39, 0.29) is 17.7 Å². The summed E-state index contributed by atoms with van der Waals surface area (Å²) in [5.41, 5.74) is 1.03. The van der Waals surface area contributed by atoms with Crippen molar-refractivity contribution in [1.29, 1.82) is 0 Å². The molecule has 2 saturated heterocycles. The van der Waals surface area contributed by atoms with Gasteiger partial charge in [0.25, 0.3) is 5.91 Å². The molecule has 2 aliphatic rings. The Bertz CT molecular complexity index is 693. The van der Waals surface area contributed by atoms with Gasteiger partial charge in [-0.05, 0) is 57.2 Å². The van der Waals surface area contributed by atoms with Gasteiger partial charge in [0.2, 0.25) is 5.91 Å². The van der Waals surface area contributed by atoms with Crippen molar-refractivity contribution >= 4 is 23.4 Å². The number of carbonyl (C=O) groups is 2. The summed E-state index contributed by atoms with van der Waals surface area (Å²) in [6.45, 7) is 6.72. The van der Waals surface area contributed by atoms with Crippen LogP contribution in [0.25, 0.3) is 0 Å². The lowest BCUT2D eigenvalue weighted by atomic mass is 9.95. The third-order valence-corrected chi connectivity index (χ3v) is 6.12. The average Bonchev–Trinajstić information content (AvgIpc) is 2.99. The van der Waals surface area contributed by atoms with Crippen molar-refractivity contribution in [3.8, 4) is 5.75 Å². The highest BCUT2D eigenvalue weighted by molar-refractivity contribution is 6.32. The van der Waals surface area contributed by atoms with Crippen molar-refractivity contribution in [2.24, 2.45) is 5.92 Å². The topological polar surface area (TPSA) is 49.9 Å². The van der Waals surface area contributed by atoms with E-state index in [2.05, 4.69) is 0 Å². The number of aryl methyl sites for hydroxylation is 1. The van der Waals surface area contributed by atoms with E-state index in [1.54, 1.807) is 13.0 Å². The lowest BCUT2D eigenvalue weighted by molar-refractivity contribution is -0.143. The monoisotopic (exact) mass is 406 g/mol. The smallest absolute Gasteiger partial charge is 0.263 e. The molecule has 0 aliphatic carbocycles. The molecule has 28 heavy (non-hydrogen) atoms. The van der Waals surface area contributed by atoms with Crippen LogP contribution in [0.1, 0.15) is 51.0 Å². The van der Waals surface area contributed by atoms with E-state index in [0.717, 1.165) is 44.3 Å². The quantitative estimate of drug-likeness (QED) is 0.757. The Kier molecular flexibility index (Phi) is 7.22. The maximum Gasteiger partial charge on any atom is 0.263 e. The Hall–Kier alpha value is -1.75. The maximum atomic E-state index is 12.8. The average molecular weight is 407 g/mol. The molecule has 2 aliphatic heterocycles. The number of halogens is 1. The molecular formula is C22H31ClN2O3. The van der Waals surface area contributed by atoms with Crippen LogP contribution in [0.3, 0.4) is 0 Å². The number of carbonyl (C=O) groups excluding carboxylic acids is 2. The van der Waals surface area contributed by atoms with Crippen molar-refractivity contribution in [1.82, 2.24) is 9.80 Å². The van der Waals surface area contributed by atoms with E-state index in [1.165, 1.54) is 12.8 Å². The van der Waals surface area contributed by atoms with Gasteiger partial charge in [-0.3, -0.25) is 9.59 Å². The molecule has 0 radical (unpaired) electrons. The van der Waals surface area contributed by atoms with Crippen LogP contribution in [0.5, 0.6) is 5.75 Å². The predicted molar refractivity (Wildman–Crippen MR) is 111 cm³/mol. The lowest BCUT2D eigenvalue weighted by Gasteiger charge is -2.35. The molecule has 154 valence electrons. The molecule has 2 heterocycles. The molecule has 1 unspecified atom stereocenters. The minimum absolute atomic E-state index is 0.0433. The van der Waals surface area contributed by atoms with Crippen LogP contribution in [-0.2, 0) is 9.59 Å². The number of benzene rings is 1. The predicted octanol–water partition coefficient (Wildman–Crippen LogP) is 4.06. The fourth-order valence-corrected chi connectivity index (χ4v) is 4.26. The number of hydrogen-bond acceptors (Lipinski definition) is 3. The number of ether oxygens (including phenoxy) is 1. The highest BCUT2D eigenvalue weighted by Gasteiger charge is 2.32. The van der Waals surface area contributed by atoms with Gasteiger partial charge in [0, 0.05) is 32.1 Å². The van der Waals surface area contributed by atoms with E-state index >= 15 is 0 Å². The molecule has 0 aromatic heterocycles. The van der Waals surface area contributed by atoms with Gasteiger partial charge in [-0.25, -0.2) is 0 Å². The first-order valence-corrected chi connectivity index (χ1v) is 10.8. The minimum atomic E-state index is -0.600. The number of piperidine rings is 1. The molecule has 0 spiro atoms. The highest BCUT2D eigenvalue weighted by Crippen LogP contribution is 2.27. The molecule has 6 heteroatoms. The highest BCUT2D eigenvalue weighted by atomic mass is 35.5. The molecule has 3 rings (SSSR count). The molecule has 2 amide bonds. The first kappa shape index (κ1) is 21.0. The Labute approximate surface area is 173 Å². The third kappa shape index (κ3) is 5.19. The normalized spacial score (nSPS) is 19.8. The molecule has 1 aromatic rings. The standard InChI is InChI=1S/C22H31ClN2O3/c1-16-7-8-19(23)20(15-16)28-17(2)21(26)25-13-9-18(10-14-25)22(27)24-11-5-3-4-6-12-24/h7-8,15,17-18H,3-6,9-14H2,1-2H3. The van der Waals surface area contributed by atoms with Crippen molar-refractivity contribution in [2.45, 2.75) is 58.5 Å². The molecule has 1 aromatic carbocycles. The van der Waals surface area contributed by atoms with Gasteiger partial charge < -0.3 is 14.5 Å². The first-order valence-electron chi connectivity index (χ1n) is 10.5. The summed E-state index contributed by atoms with van der Waals surface area (Å²) >= 11 is 6.18. The summed E-state index contributed by atoms with van der Waals surface area (Å²) in [5, 5.41) is 0.506. The van der Waals surface area contributed by atoms with Gasteiger partial charge in [0.05, 0.1) is 5.02 Å². The number of hydrogen-bond donors (Lipinski definition) is 0. The zero-order chi connectivity index (χ0) is 20.1. The van der Waals surface area contributed by atoms with E-state index in [1.807, 2.05) is 28.9 Å². The van der Waals surface area contributed by atoms with E-state index in [4.69, 9.17) is 16.3 Å². The second kappa shape index (κ2) is 9.64. The second-order valence-electron chi connectivity index (χ2n) is 8.03. The fraction of sp³-hybridized carbons (Fsp3) is 0.636. The molecule has 2 fully saturated rings. The van der Waals surface area contributed by atoms with Gasteiger partial charge >= 0.3 is 0 Å². The molecule has 5 nitrogen and oxygen atoms in total. The van der Waals surface area contributed by atoms with Crippen molar-refractivity contribution in [3.05, 3.63) is 28.8 Å². The van der Waals surface area contributed by atoms with Crippen LogP contribution in [0.4, 0.5) is 0 Å². The van der Waals surface area contributed by atoms with Gasteiger partial charge in [-0.2, -0.15) is 0 Å². The van der Waals surface area contributed by atoms with Crippen LogP contribution < -0.4 is 4.74 Å². The fourth-order valence-electron chi connectivity index (χ4n) is 4.09. The molecule has 1 atom stereocenters. The summed E-state index contributed by atoms with van der Waals surface area (Å²) < 4.78 is 5.83. The summed E-state index contributed by atoms with van der Waals surface area (Å²) in [7, 11) is 0. The number of likely N-dealkylation sites (tertiary alicyclic amines) is 2. The van der Waals surface area contributed by atoms with E-state index in [0.29, 0.717) is 23.9 Å². The molecule has 0 saturated carbocycles. The van der Waals surface area contributed by atoms with Crippen LogP contribution in [0, 0.1) is 12.8 Å². The zero-order valence-electron chi connectivity index (χ0n) is 17.0. The van der Waals surface area contributed by atoms with Crippen molar-refractivity contribution < 1.29 is 14.3 Å². The Morgan fingerprint density at radius 3 is 2.32 bits per heavy atom. The summed E-state index contributed by atoms with van der Waals surface area (Å²) in [4.78, 5) is 29.5. The van der Waals surface area contributed by atoms with E-state index in [9.17, 15) is 9.59 Å². The molecule has 0 N–H and O–H groups in total. The second-order valence-corrected chi connectivity index (χ2v) is 8.44. The first-order chi connectivity index (χ1) is 13.5. The summed E-state index contributed by atoms with van der Waals surface area (Å²) in [5.74, 6) is 0.821. The van der Waals surface area contributed by atoms with Crippen molar-refractivity contribution in [3.63, 3.8) is 0 Å². The van der Waals surface area contributed by atoms with Crippen LogP contribution in [0.2, 0.25) is 5.02 Å². The van der Waals surface area contributed by atoms with Crippen LogP contribution >= 0.6 is 11.6 Å². The Balaban J connectivity index is 1.51. The van der Waals surface area contributed by atoms with Gasteiger partial charge in [0.15, 0.2) is 6.10 Å². The Morgan fingerprint density at radius 2 is 1.68 bits per heavy atom. The minimum Gasteiger partial charge on any atom is -0.479 e. The maximum absolute atomic E-state index is 12.8. The lowest BCUT2D eigenvalue weighted by Crippen LogP contribution is -2.47. The van der Waals surface area contributed by atoms with Crippen LogP contribution in [0.15, 0.2) is 18.2 Å². The molecular weight excluding hydrogens is 376 g/mol. The summed E-state index contributed by atoms with van der Waals surface area (Å²) in [6, 6.07) is 5.54. The Morgan fingerprint density at radius 1 is 1.04 bits per heavy atom. The zero-order valence-corrected chi connectivity index (χ0v) is 17.7. The number of rotatable bonds is 4. The molecule has 0 bridgehead atoms. The summed E-state index contributed by atoms with van der Waals surface area (Å²) in [6.07, 6.45) is 5.54. The van der Waals surface area contributed by atoms with Crippen molar-refractivity contribution in [2.75, 3.05) is 26.2 Å². The van der Waals surface area contributed by atoms with Gasteiger partial charge in [-0.1, -0.05) is 30.5 Å². The van der Waals surface area contributed by atoms with Gasteiger partial charge in [-0.15, -0.1) is 0 Å². The number of nitrogens with zero attached hydrogens (tertiary/aromatic N) is 2.